The van der Waals surface area contributed by atoms with Gasteiger partial charge in [-0.05, 0) is 17.5 Å². The van der Waals surface area contributed by atoms with E-state index in [1.54, 1.807) is 12.1 Å². The van der Waals surface area contributed by atoms with E-state index in [1.165, 1.54) is 12.1 Å². The van der Waals surface area contributed by atoms with Crippen molar-refractivity contribution in [3.63, 3.8) is 0 Å². The lowest BCUT2D eigenvalue weighted by molar-refractivity contribution is -0.384. The van der Waals surface area contributed by atoms with Crippen LogP contribution in [0.3, 0.4) is 0 Å². The summed E-state index contributed by atoms with van der Waals surface area (Å²) in [4.78, 5) is 26.0. The second kappa shape index (κ2) is 6.55. The number of amides is 1. The highest BCUT2D eigenvalue weighted by Gasteiger charge is 2.17. The molecule has 0 radical (unpaired) electrons. The number of carbonyl (C=O) groups is 1. The summed E-state index contributed by atoms with van der Waals surface area (Å²) in [6.07, 6.45) is 0.399. The first-order valence-electron chi connectivity index (χ1n) is 7.09. The SMILES string of the molecule is CC(C)(C)CC(=O)NCc1nc(-c2ccc([N+](=O)[O-])cc2)no1. The summed E-state index contributed by atoms with van der Waals surface area (Å²) < 4.78 is 5.07. The van der Waals surface area contributed by atoms with Gasteiger partial charge in [-0.25, -0.2) is 0 Å². The molecule has 1 N–H and O–H groups in total. The van der Waals surface area contributed by atoms with Crippen LogP contribution in [0.2, 0.25) is 0 Å². The summed E-state index contributed by atoms with van der Waals surface area (Å²) in [5.41, 5.74) is 0.501. The third-order valence-corrected chi connectivity index (χ3v) is 2.93. The van der Waals surface area contributed by atoms with E-state index in [0.717, 1.165) is 0 Å². The molecule has 0 unspecified atom stereocenters. The van der Waals surface area contributed by atoms with E-state index in [9.17, 15) is 14.9 Å². The first-order valence-corrected chi connectivity index (χ1v) is 7.09. The first kappa shape index (κ1) is 16.6. The third-order valence-electron chi connectivity index (χ3n) is 2.93. The lowest BCUT2D eigenvalue weighted by atomic mass is 9.92. The molecule has 1 aromatic heterocycles. The van der Waals surface area contributed by atoms with Gasteiger partial charge in [-0.3, -0.25) is 14.9 Å². The van der Waals surface area contributed by atoms with E-state index in [-0.39, 0.29) is 29.4 Å². The van der Waals surface area contributed by atoms with Gasteiger partial charge < -0.3 is 9.84 Å². The van der Waals surface area contributed by atoms with Gasteiger partial charge in [-0.2, -0.15) is 4.98 Å². The molecule has 23 heavy (non-hydrogen) atoms. The molecule has 2 rings (SSSR count). The number of carbonyl (C=O) groups excluding carboxylic acids is 1. The summed E-state index contributed by atoms with van der Waals surface area (Å²) in [6.45, 7) is 6.08. The maximum Gasteiger partial charge on any atom is 0.269 e. The van der Waals surface area contributed by atoms with Crippen molar-refractivity contribution in [2.45, 2.75) is 33.7 Å². The predicted molar refractivity (Wildman–Crippen MR) is 82.3 cm³/mol. The van der Waals surface area contributed by atoms with Crippen molar-refractivity contribution in [1.29, 1.82) is 0 Å². The highest BCUT2D eigenvalue weighted by Crippen LogP contribution is 2.20. The summed E-state index contributed by atoms with van der Waals surface area (Å²) in [7, 11) is 0. The molecule has 8 heteroatoms. The Bertz CT molecular complexity index is 701. The Kier molecular flexibility index (Phi) is 4.73. The Balaban J connectivity index is 1.98. The normalized spacial score (nSPS) is 11.3. The number of nitrogens with zero attached hydrogens (tertiary/aromatic N) is 3. The number of hydrogen-bond donors (Lipinski definition) is 1. The molecule has 0 aliphatic heterocycles. The van der Waals surface area contributed by atoms with Crippen LogP contribution in [0.1, 0.15) is 33.1 Å². The lowest BCUT2D eigenvalue weighted by Crippen LogP contribution is -2.27. The number of nitro groups is 1. The van der Waals surface area contributed by atoms with Crippen molar-refractivity contribution in [3.8, 4) is 11.4 Å². The van der Waals surface area contributed by atoms with Crippen LogP contribution >= 0.6 is 0 Å². The molecular weight excluding hydrogens is 300 g/mol. The van der Waals surface area contributed by atoms with Crippen LogP contribution in [0, 0.1) is 15.5 Å². The van der Waals surface area contributed by atoms with Gasteiger partial charge in [0.2, 0.25) is 17.6 Å². The molecule has 0 saturated heterocycles. The highest BCUT2D eigenvalue weighted by molar-refractivity contribution is 5.76. The molecule has 0 bridgehead atoms. The minimum Gasteiger partial charge on any atom is -0.347 e. The molecule has 122 valence electrons. The summed E-state index contributed by atoms with van der Waals surface area (Å²) in [6, 6.07) is 5.84. The van der Waals surface area contributed by atoms with Crippen molar-refractivity contribution < 1.29 is 14.2 Å². The molecule has 1 amide bonds. The van der Waals surface area contributed by atoms with Crippen LogP contribution in [0.5, 0.6) is 0 Å². The zero-order chi connectivity index (χ0) is 17.0. The lowest BCUT2D eigenvalue weighted by Gasteiger charge is -2.16. The van der Waals surface area contributed by atoms with Gasteiger partial charge in [-0.15, -0.1) is 0 Å². The maximum atomic E-state index is 11.7. The number of hydrogen-bond acceptors (Lipinski definition) is 6. The van der Waals surface area contributed by atoms with E-state index >= 15 is 0 Å². The molecule has 0 aliphatic rings. The molecule has 0 atom stereocenters. The smallest absolute Gasteiger partial charge is 0.269 e. The average Bonchev–Trinajstić information content (AvgIpc) is 2.92. The topological polar surface area (TPSA) is 111 Å². The van der Waals surface area contributed by atoms with Crippen LogP contribution in [-0.4, -0.2) is 21.0 Å². The molecule has 2 aromatic rings. The number of non-ortho nitro benzene ring substituents is 1. The van der Waals surface area contributed by atoms with Gasteiger partial charge in [0.25, 0.3) is 5.69 Å². The van der Waals surface area contributed by atoms with Crippen LogP contribution in [0.4, 0.5) is 5.69 Å². The monoisotopic (exact) mass is 318 g/mol. The minimum absolute atomic E-state index is 0.00749. The molecule has 8 nitrogen and oxygen atoms in total. The van der Waals surface area contributed by atoms with Crippen LogP contribution < -0.4 is 5.32 Å². The first-order chi connectivity index (χ1) is 10.7. The number of aromatic nitrogens is 2. The zero-order valence-electron chi connectivity index (χ0n) is 13.2. The van der Waals surface area contributed by atoms with Crippen LogP contribution in [-0.2, 0) is 11.3 Å². The Hall–Kier alpha value is -2.77. The standard InChI is InChI=1S/C15H18N4O4/c1-15(2,3)8-12(20)16-9-13-17-14(18-23-13)10-4-6-11(7-5-10)19(21)22/h4-7H,8-9H2,1-3H3,(H,16,20). The average molecular weight is 318 g/mol. The van der Waals surface area contributed by atoms with E-state index in [0.29, 0.717) is 17.8 Å². The van der Waals surface area contributed by atoms with E-state index in [1.807, 2.05) is 20.8 Å². The van der Waals surface area contributed by atoms with E-state index < -0.39 is 4.92 Å². The minimum atomic E-state index is -0.476. The second-order valence-corrected chi connectivity index (χ2v) is 6.33. The van der Waals surface area contributed by atoms with Crippen LogP contribution in [0.25, 0.3) is 11.4 Å². The molecule has 1 heterocycles. The maximum absolute atomic E-state index is 11.7. The van der Waals surface area contributed by atoms with Gasteiger partial charge in [0, 0.05) is 24.1 Å². The van der Waals surface area contributed by atoms with E-state index in [4.69, 9.17) is 4.52 Å². The summed E-state index contributed by atoms with van der Waals surface area (Å²) in [5, 5.41) is 17.1. The Morgan fingerprint density at radius 2 is 1.96 bits per heavy atom. The number of benzene rings is 1. The van der Waals surface area contributed by atoms with Crippen molar-refractivity contribution in [1.82, 2.24) is 15.5 Å². The molecular formula is C15H18N4O4. The van der Waals surface area contributed by atoms with Crippen molar-refractivity contribution in [3.05, 3.63) is 40.3 Å². The fourth-order valence-electron chi connectivity index (χ4n) is 1.89. The summed E-state index contributed by atoms with van der Waals surface area (Å²) in [5.74, 6) is 0.508. The van der Waals surface area contributed by atoms with Gasteiger partial charge in [-0.1, -0.05) is 25.9 Å². The van der Waals surface area contributed by atoms with E-state index in [2.05, 4.69) is 15.5 Å². The largest absolute Gasteiger partial charge is 0.347 e. The van der Waals surface area contributed by atoms with Crippen molar-refractivity contribution in [2.75, 3.05) is 0 Å². The second-order valence-electron chi connectivity index (χ2n) is 6.33. The van der Waals surface area contributed by atoms with Crippen molar-refractivity contribution in [2.24, 2.45) is 5.41 Å². The van der Waals surface area contributed by atoms with Gasteiger partial charge >= 0.3 is 0 Å². The molecule has 0 fully saturated rings. The molecule has 0 spiro atoms. The fraction of sp³-hybridized carbons (Fsp3) is 0.400. The van der Waals surface area contributed by atoms with Gasteiger partial charge in [0.05, 0.1) is 11.5 Å². The predicted octanol–water partition coefficient (Wildman–Crippen LogP) is 2.70. The summed E-state index contributed by atoms with van der Waals surface area (Å²) >= 11 is 0. The van der Waals surface area contributed by atoms with Crippen molar-refractivity contribution >= 4 is 11.6 Å². The molecule has 1 aromatic carbocycles. The number of nitrogens with one attached hydrogen (secondary N) is 1. The highest BCUT2D eigenvalue weighted by atomic mass is 16.6. The molecule has 0 saturated carbocycles. The molecule has 0 aliphatic carbocycles. The van der Waals surface area contributed by atoms with Crippen LogP contribution in [0.15, 0.2) is 28.8 Å². The van der Waals surface area contributed by atoms with Gasteiger partial charge in [0.15, 0.2) is 0 Å². The quantitative estimate of drug-likeness (QED) is 0.670. The Morgan fingerprint density at radius 3 is 2.52 bits per heavy atom. The Labute approximate surface area is 133 Å². The zero-order valence-corrected chi connectivity index (χ0v) is 13.2. The van der Waals surface area contributed by atoms with Gasteiger partial charge in [0.1, 0.15) is 0 Å². The number of rotatable bonds is 5. The Morgan fingerprint density at radius 1 is 1.30 bits per heavy atom. The third kappa shape index (κ3) is 4.87. The number of nitro benzene ring substituents is 1. The fourth-order valence-corrected chi connectivity index (χ4v) is 1.89.